The van der Waals surface area contributed by atoms with E-state index in [1.807, 2.05) is 115 Å². The zero-order valence-electron chi connectivity index (χ0n) is 21.6. The first kappa shape index (κ1) is 26.5. The van der Waals surface area contributed by atoms with Gasteiger partial charge in [-0.1, -0.05) is 152 Å². The van der Waals surface area contributed by atoms with E-state index < -0.39 is 16.8 Å². The molecule has 0 aromatic heterocycles. The van der Waals surface area contributed by atoms with Gasteiger partial charge < -0.3 is 5.11 Å². The number of carbonyl (C=O) groups is 1. The summed E-state index contributed by atoms with van der Waals surface area (Å²) in [6, 6.07) is 50.1. The van der Waals surface area contributed by atoms with Crippen molar-refractivity contribution in [3.8, 4) is 0 Å². The van der Waals surface area contributed by atoms with Gasteiger partial charge in [-0.15, -0.1) is 11.8 Å². The van der Waals surface area contributed by atoms with Gasteiger partial charge in [0.25, 0.3) is 0 Å². The standard InChI is InChI=1S/C35H31NO2S/c37-34(38)32(36-33(27-16-6-1-7-17-27)28-18-8-2-9-19-28)26-39-35(29-20-10-3-11-21-29,30-22-12-4-13-23-30)31-24-14-5-15-25-31/h1-25,32-33,36H,26H2,(H,37,38)/t32-/m1/s1. The number of aliphatic carboxylic acids is 1. The van der Waals surface area contributed by atoms with Gasteiger partial charge >= 0.3 is 5.97 Å². The Labute approximate surface area is 234 Å². The van der Waals surface area contributed by atoms with E-state index in [2.05, 4.69) is 41.7 Å². The van der Waals surface area contributed by atoms with Crippen molar-refractivity contribution in [3.05, 3.63) is 179 Å². The first-order valence-electron chi connectivity index (χ1n) is 13.1. The van der Waals surface area contributed by atoms with Crippen molar-refractivity contribution in [3.63, 3.8) is 0 Å². The lowest BCUT2D eigenvalue weighted by Gasteiger charge is -2.36. The molecule has 3 nitrogen and oxygen atoms in total. The highest BCUT2D eigenvalue weighted by molar-refractivity contribution is 8.00. The fraction of sp³-hybridized carbons (Fsp3) is 0.114. The van der Waals surface area contributed by atoms with Gasteiger partial charge in [-0.25, -0.2) is 0 Å². The van der Waals surface area contributed by atoms with E-state index in [1.165, 1.54) is 0 Å². The quantitative estimate of drug-likeness (QED) is 0.174. The Balaban J connectivity index is 1.55. The molecule has 5 aromatic rings. The van der Waals surface area contributed by atoms with Gasteiger partial charge in [-0.05, 0) is 27.8 Å². The van der Waals surface area contributed by atoms with Gasteiger partial charge in [-0.2, -0.15) is 0 Å². The number of carboxylic acid groups (broad SMARTS) is 1. The van der Waals surface area contributed by atoms with Crippen molar-refractivity contribution in [1.82, 2.24) is 5.32 Å². The third-order valence-corrected chi connectivity index (χ3v) is 8.58. The second kappa shape index (κ2) is 12.6. The third-order valence-electron chi connectivity index (χ3n) is 6.94. The molecule has 0 amide bonds. The van der Waals surface area contributed by atoms with Crippen molar-refractivity contribution in [2.75, 3.05) is 5.75 Å². The summed E-state index contributed by atoms with van der Waals surface area (Å²) in [6.45, 7) is 0. The molecule has 0 aliphatic rings. The van der Waals surface area contributed by atoms with E-state index in [4.69, 9.17) is 0 Å². The van der Waals surface area contributed by atoms with Crippen LogP contribution in [0.5, 0.6) is 0 Å². The van der Waals surface area contributed by atoms with Crippen LogP contribution in [0.2, 0.25) is 0 Å². The highest BCUT2D eigenvalue weighted by atomic mass is 32.2. The van der Waals surface area contributed by atoms with Crippen molar-refractivity contribution < 1.29 is 9.90 Å². The summed E-state index contributed by atoms with van der Waals surface area (Å²) in [5.74, 6) is -0.521. The van der Waals surface area contributed by atoms with E-state index in [0.29, 0.717) is 5.75 Å². The number of thioether (sulfide) groups is 1. The van der Waals surface area contributed by atoms with Crippen LogP contribution in [0, 0.1) is 0 Å². The van der Waals surface area contributed by atoms with Crippen LogP contribution >= 0.6 is 11.8 Å². The van der Waals surface area contributed by atoms with Gasteiger partial charge in [0, 0.05) is 5.75 Å². The molecule has 0 fully saturated rings. The minimum atomic E-state index is -0.873. The molecule has 0 aliphatic heterocycles. The van der Waals surface area contributed by atoms with E-state index in [-0.39, 0.29) is 6.04 Å². The Hall–Kier alpha value is -4.12. The Kier molecular flexibility index (Phi) is 8.57. The van der Waals surface area contributed by atoms with E-state index in [0.717, 1.165) is 27.8 Å². The number of benzene rings is 5. The second-order valence-corrected chi connectivity index (χ2v) is 10.6. The largest absolute Gasteiger partial charge is 0.480 e. The normalized spacial score (nSPS) is 12.2. The molecule has 0 saturated heterocycles. The summed E-state index contributed by atoms with van der Waals surface area (Å²) in [5.41, 5.74) is 5.39. The van der Waals surface area contributed by atoms with Gasteiger partial charge in [0.05, 0.1) is 10.8 Å². The van der Waals surface area contributed by atoms with Gasteiger partial charge in [0.15, 0.2) is 0 Å². The average molecular weight is 530 g/mol. The Morgan fingerprint density at radius 2 is 0.923 bits per heavy atom. The second-order valence-electron chi connectivity index (χ2n) is 9.40. The number of nitrogens with one attached hydrogen (secondary N) is 1. The fourth-order valence-corrected chi connectivity index (χ4v) is 6.61. The summed E-state index contributed by atoms with van der Waals surface area (Å²) in [5, 5.41) is 13.9. The van der Waals surface area contributed by atoms with E-state index in [1.54, 1.807) is 11.8 Å². The van der Waals surface area contributed by atoms with E-state index >= 15 is 0 Å². The average Bonchev–Trinajstić information content (AvgIpc) is 3.01. The van der Waals surface area contributed by atoms with Gasteiger partial charge in [0.1, 0.15) is 6.04 Å². The predicted molar refractivity (Wildman–Crippen MR) is 161 cm³/mol. The summed E-state index contributed by atoms with van der Waals surface area (Å²) >= 11 is 1.65. The fourth-order valence-electron chi connectivity index (χ4n) is 5.04. The molecule has 5 aromatic carbocycles. The SMILES string of the molecule is O=C(O)[C@@H](CSC(c1ccccc1)(c1ccccc1)c1ccccc1)NC(c1ccccc1)c1ccccc1. The van der Waals surface area contributed by atoms with Crippen LogP contribution < -0.4 is 5.32 Å². The maximum atomic E-state index is 12.7. The van der Waals surface area contributed by atoms with Crippen LogP contribution in [0.15, 0.2) is 152 Å². The molecular weight excluding hydrogens is 498 g/mol. The number of rotatable bonds is 11. The first-order chi connectivity index (χ1) is 19.2. The predicted octanol–water partition coefficient (Wildman–Crippen LogP) is 7.54. The Bertz CT molecular complexity index is 1310. The van der Waals surface area contributed by atoms with Gasteiger partial charge in [-0.3, -0.25) is 10.1 Å². The van der Waals surface area contributed by atoms with Crippen molar-refractivity contribution in [2.24, 2.45) is 0 Å². The lowest BCUT2D eigenvalue weighted by Crippen LogP contribution is -2.42. The summed E-state index contributed by atoms with van der Waals surface area (Å²) in [6.07, 6.45) is 0. The number of hydrogen-bond donors (Lipinski definition) is 2. The maximum absolute atomic E-state index is 12.7. The number of carboxylic acids is 1. The summed E-state index contributed by atoms with van der Waals surface area (Å²) < 4.78 is -0.589. The zero-order chi connectivity index (χ0) is 26.9. The topological polar surface area (TPSA) is 49.3 Å². The Morgan fingerprint density at radius 1 is 0.590 bits per heavy atom. The Morgan fingerprint density at radius 3 is 1.26 bits per heavy atom. The van der Waals surface area contributed by atoms with Crippen LogP contribution in [-0.4, -0.2) is 22.9 Å². The highest BCUT2D eigenvalue weighted by Crippen LogP contribution is 2.48. The third kappa shape index (κ3) is 5.98. The van der Waals surface area contributed by atoms with Crippen LogP contribution in [0.3, 0.4) is 0 Å². The molecule has 0 unspecified atom stereocenters. The molecule has 0 spiro atoms. The summed E-state index contributed by atoms with van der Waals surface area (Å²) in [4.78, 5) is 12.7. The van der Waals surface area contributed by atoms with Crippen LogP contribution in [0.4, 0.5) is 0 Å². The molecule has 39 heavy (non-hydrogen) atoms. The van der Waals surface area contributed by atoms with Crippen molar-refractivity contribution in [1.29, 1.82) is 0 Å². The molecule has 1 atom stereocenters. The smallest absolute Gasteiger partial charge is 0.321 e. The molecule has 2 N–H and O–H groups in total. The lowest BCUT2D eigenvalue weighted by atomic mass is 9.84. The van der Waals surface area contributed by atoms with Crippen molar-refractivity contribution in [2.45, 2.75) is 16.8 Å². The summed E-state index contributed by atoms with van der Waals surface area (Å²) in [7, 11) is 0. The molecule has 0 saturated carbocycles. The lowest BCUT2D eigenvalue weighted by molar-refractivity contribution is -0.139. The molecule has 5 rings (SSSR count). The minimum Gasteiger partial charge on any atom is -0.480 e. The van der Waals surface area contributed by atoms with E-state index in [9.17, 15) is 9.90 Å². The number of hydrogen-bond acceptors (Lipinski definition) is 3. The molecular formula is C35H31NO2S. The maximum Gasteiger partial charge on any atom is 0.321 e. The molecule has 0 aliphatic carbocycles. The first-order valence-corrected chi connectivity index (χ1v) is 14.1. The highest BCUT2D eigenvalue weighted by Gasteiger charge is 2.38. The molecule has 0 radical (unpaired) electrons. The van der Waals surface area contributed by atoms with Gasteiger partial charge in [0.2, 0.25) is 0 Å². The van der Waals surface area contributed by atoms with Crippen LogP contribution in [-0.2, 0) is 9.54 Å². The molecule has 194 valence electrons. The molecule has 0 heterocycles. The van der Waals surface area contributed by atoms with Crippen LogP contribution in [0.1, 0.15) is 33.9 Å². The monoisotopic (exact) mass is 529 g/mol. The molecule has 4 heteroatoms. The zero-order valence-corrected chi connectivity index (χ0v) is 22.4. The van der Waals surface area contributed by atoms with Crippen LogP contribution in [0.25, 0.3) is 0 Å². The van der Waals surface area contributed by atoms with Crippen molar-refractivity contribution >= 4 is 17.7 Å². The molecule has 0 bridgehead atoms. The minimum absolute atomic E-state index is 0.256.